The number of nitrogens with zero attached hydrogens (tertiary/aromatic N) is 5. The van der Waals surface area contributed by atoms with Crippen molar-refractivity contribution < 1.29 is 9.53 Å². The minimum atomic E-state index is -0.548. The highest BCUT2D eigenvalue weighted by Gasteiger charge is 2.18. The Morgan fingerprint density at radius 3 is 3.04 bits per heavy atom. The van der Waals surface area contributed by atoms with E-state index < -0.39 is 5.97 Å². The summed E-state index contributed by atoms with van der Waals surface area (Å²) in [6.07, 6.45) is 3.23. The molecule has 0 amide bonds. The summed E-state index contributed by atoms with van der Waals surface area (Å²) in [5.41, 5.74) is 1.80. The second-order valence-electron chi connectivity index (χ2n) is 4.78. The molecule has 0 saturated heterocycles. The van der Waals surface area contributed by atoms with Crippen LogP contribution in [0.4, 0.5) is 0 Å². The highest BCUT2D eigenvalue weighted by Crippen LogP contribution is 2.22. The smallest absolute Gasteiger partial charge is 0.342 e. The van der Waals surface area contributed by atoms with Gasteiger partial charge in [0.1, 0.15) is 16.6 Å². The van der Waals surface area contributed by atoms with Crippen molar-refractivity contribution in [1.82, 2.24) is 19.7 Å². The second-order valence-corrected chi connectivity index (χ2v) is 5.64. The van der Waals surface area contributed by atoms with Crippen molar-refractivity contribution in [2.75, 3.05) is 6.61 Å². The molecule has 24 heavy (non-hydrogen) atoms. The third-order valence-electron chi connectivity index (χ3n) is 3.12. The van der Waals surface area contributed by atoms with E-state index in [1.807, 2.05) is 29.6 Å². The number of thiazole rings is 1. The van der Waals surface area contributed by atoms with Gasteiger partial charge in [-0.2, -0.15) is 10.4 Å². The molecule has 0 atom stereocenters. The Bertz CT molecular complexity index is 895. The molecule has 0 fully saturated rings. The van der Waals surface area contributed by atoms with Crippen LogP contribution >= 0.6 is 11.3 Å². The molecule has 0 aliphatic rings. The predicted molar refractivity (Wildman–Crippen MR) is 87.3 cm³/mol. The summed E-state index contributed by atoms with van der Waals surface area (Å²) < 4.78 is 6.45. The van der Waals surface area contributed by atoms with Gasteiger partial charge in [0.05, 0.1) is 24.5 Å². The number of aromatic nitrogens is 4. The Morgan fingerprint density at radius 2 is 2.33 bits per heavy atom. The van der Waals surface area contributed by atoms with Crippen LogP contribution in [0, 0.1) is 11.3 Å². The SMILES string of the molecule is CCOC(=O)c1cn(Cc2csc(-c3ccccn3)n2)nc1C#N. The highest BCUT2D eigenvalue weighted by molar-refractivity contribution is 7.13. The van der Waals surface area contributed by atoms with Crippen molar-refractivity contribution in [3.63, 3.8) is 0 Å². The van der Waals surface area contributed by atoms with Crippen molar-refractivity contribution in [2.45, 2.75) is 13.5 Å². The zero-order valence-electron chi connectivity index (χ0n) is 12.8. The first-order valence-electron chi connectivity index (χ1n) is 7.21. The van der Waals surface area contributed by atoms with E-state index in [1.54, 1.807) is 13.1 Å². The maximum Gasteiger partial charge on any atom is 0.342 e. The number of carbonyl (C=O) groups is 1. The lowest BCUT2D eigenvalue weighted by molar-refractivity contribution is 0.0526. The van der Waals surface area contributed by atoms with Gasteiger partial charge in [-0.05, 0) is 19.1 Å². The summed E-state index contributed by atoms with van der Waals surface area (Å²) in [5, 5.41) is 15.9. The molecule has 0 saturated carbocycles. The van der Waals surface area contributed by atoms with Crippen molar-refractivity contribution in [1.29, 1.82) is 5.26 Å². The quantitative estimate of drug-likeness (QED) is 0.663. The van der Waals surface area contributed by atoms with Crippen LogP contribution in [-0.2, 0) is 11.3 Å². The summed E-state index contributed by atoms with van der Waals surface area (Å²) in [7, 11) is 0. The number of hydrogen-bond donors (Lipinski definition) is 0. The lowest BCUT2D eigenvalue weighted by atomic mass is 10.3. The summed E-state index contributed by atoms with van der Waals surface area (Å²) in [6, 6.07) is 7.56. The lowest BCUT2D eigenvalue weighted by Gasteiger charge is -1.98. The van der Waals surface area contributed by atoms with E-state index in [0.29, 0.717) is 6.54 Å². The average Bonchev–Trinajstić information content (AvgIpc) is 3.23. The molecule has 3 heterocycles. The zero-order chi connectivity index (χ0) is 16.9. The van der Waals surface area contributed by atoms with E-state index in [0.717, 1.165) is 16.4 Å². The van der Waals surface area contributed by atoms with Gasteiger partial charge in [0, 0.05) is 17.8 Å². The molecule has 0 spiro atoms. The third-order valence-corrected chi connectivity index (χ3v) is 4.04. The van der Waals surface area contributed by atoms with Crippen LogP contribution in [0.2, 0.25) is 0 Å². The maximum atomic E-state index is 11.8. The fourth-order valence-electron chi connectivity index (χ4n) is 2.10. The molecule has 3 aromatic rings. The van der Waals surface area contributed by atoms with Crippen molar-refractivity contribution in [3.05, 3.63) is 52.9 Å². The number of rotatable bonds is 5. The monoisotopic (exact) mass is 339 g/mol. The van der Waals surface area contributed by atoms with E-state index in [9.17, 15) is 4.79 Å². The fourth-order valence-corrected chi connectivity index (χ4v) is 2.88. The van der Waals surface area contributed by atoms with Gasteiger partial charge in [0.2, 0.25) is 0 Å². The van der Waals surface area contributed by atoms with E-state index in [2.05, 4.69) is 15.1 Å². The molecule has 0 N–H and O–H groups in total. The molecular weight excluding hydrogens is 326 g/mol. The number of carbonyl (C=O) groups excluding carboxylic acids is 1. The fraction of sp³-hybridized carbons (Fsp3) is 0.188. The first-order valence-corrected chi connectivity index (χ1v) is 8.09. The number of ether oxygens (including phenoxy) is 1. The molecule has 0 aromatic carbocycles. The van der Waals surface area contributed by atoms with Crippen LogP contribution in [0.25, 0.3) is 10.7 Å². The summed E-state index contributed by atoms with van der Waals surface area (Å²) >= 11 is 1.48. The Kier molecular flexibility index (Phi) is 4.63. The van der Waals surface area contributed by atoms with Crippen molar-refractivity contribution >= 4 is 17.3 Å². The van der Waals surface area contributed by atoms with Gasteiger partial charge in [0.15, 0.2) is 5.69 Å². The van der Waals surface area contributed by atoms with Crippen LogP contribution in [0.15, 0.2) is 36.0 Å². The lowest BCUT2D eigenvalue weighted by Crippen LogP contribution is -2.05. The molecule has 8 heteroatoms. The van der Waals surface area contributed by atoms with Crippen LogP contribution in [0.1, 0.15) is 28.7 Å². The Balaban J connectivity index is 1.81. The predicted octanol–water partition coefficient (Wildman–Crippen LogP) is 2.50. The molecular formula is C16H13N5O2S. The largest absolute Gasteiger partial charge is 0.462 e. The Morgan fingerprint density at radius 1 is 1.46 bits per heavy atom. The van der Waals surface area contributed by atoms with Crippen molar-refractivity contribution in [2.24, 2.45) is 0 Å². The van der Waals surface area contributed by atoms with Gasteiger partial charge in [-0.25, -0.2) is 9.78 Å². The van der Waals surface area contributed by atoms with Crippen LogP contribution < -0.4 is 0 Å². The third kappa shape index (κ3) is 3.31. The first-order chi connectivity index (χ1) is 11.7. The molecule has 0 unspecified atom stereocenters. The number of hydrogen-bond acceptors (Lipinski definition) is 7. The van der Waals surface area contributed by atoms with E-state index >= 15 is 0 Å². The van der Waals surface area contributed by atoms with E-state index in [4.69, 9.17) is 10.00 Å². The molecule has 0 aliphatic carbocycles. The molecule has 0 aliphatic heterocycles. The van der Waals surface area contributed by atoms with Gasteiger partial charge in [-0.15, -0.1) is 11.3 Å². The molecule has 120 valence electrons. The van der Waals surface area contributed by atoms with Gasteiger partial charge < -0.3 is 4.74 Å². The summed E-state index contributed by atoms with van der Waals surface area (Å²) in [4.78, 5) is 20.6. The van der Waals surface area contributed by atoms with Gasteiger partial charge >= 0.3 is 5.97 Å². The summed E-state index contributed by atoms with van der Waals surface area (Å²) in [5.74, 6) is -0.548. The normalized spacial score (nSPS) is 10.3. The highest BCUT2D eigenvalue weighted by atomic mass is 32.1. The van der Waals surface area contributed by atoms with Gasteiger partial charge in [0.25, 0.3) is 0 Å². The molecule has 0 bridgehead atoms. The van der Waals surface area contributed by atoms with Gasteiger partial charge in [-0.1, -0.05) is 6.07 Å². The minimum Gasteiger partial charge on any atom is -0.462 e. The topological polar surface area (TPSA) is 93.7 Å². The molecule has 0 radical (unpaired) electrons. The van der Waals surface area contributed by atoms with E-state index in [-0.39, 0.29) is 17.9 Å². The molecule has 7 nitrogen and oxygen atoms in total. The summed E-state index contributed by atoms with van der Waals surface area (Å²) in [6.45, 7) is 2.31. The number of esters is 1. The maximum absolute atomic E-state index is 11.8. The van der Waals surface area contributed by atoms with E-state index in [1.165, 1.54) is 22.2 Å². The standard InChI is InChI=1S/C16H13N5O2S/c1-2-23-16(22)12-9-21(20-14(12)7-17)8-11-10-24-15(19-11)13-5-3-4-6-18-13/h3-6,9-10H,2,8H2,1H3. The zero-order valence-corrected chi connectivity index (χ0v) is 13.7. The Labute approximate surface area is 142 Å². The molecule has 3 aromatic heterocycles. The van der Waals surface area contributed by atoms with Crippen molar-refractivity contribution in [3.8, 4) is 16.8 Å². The van der Waals surface area contributed by atoms with Crippen LogP contribution in [-0.4, -0.2) is 32.3 Å². The average molecular weight is 339 g/mol. The van der Waals surface area contributed by atoms with Gasteiger partial charge in [-0.3, -0.25) is 9.67 Å². The minimum absolute atomic E-state index is 0.0497. The van der Waals surface area contributed by atoms with Crippen LogP contribution in [0.3, 0.4) is 0 Å². The molecule has 3 rings (SSSR count). The number of nitriles is 1. The number of pyridine rings is 1. The Hall–Kier alpha value is -3.05. The first kappa shape index (κ1) is 15.8. The van der Waals surface area contributed by atoms with Crippen LogP contribution in [0.5, 0.6) is 0 Å². The second kappa shape index (κ2) is 7.02.